The second-order valence-electron chi connectivity index (χ2n) is 1.45. The van der Waals surface area contributed by atoms with E-state index in [1.165, 1.54) is 0 Å². The minimum absolute atomic E-state index is 0.0582. The molecule has 0 N–H and O–H groups in total. The highest BCUT2D eigenvalue weighted by atomic mass is 79.9. The summed E-state index contributed by atoms with van der Waals surface area (Å²) in [5.41, 5.74) is 0. The molecule has 0 bridgehead atoms. The first-order valence-electron chi connectivity index (χ1n) is 7.15. The highest BCUT2D eigenvalue weighted by molar-refractivity contribution is 9.10. The van der Waals surface area contributed by atoms with Crippen LogP contribution in [0.4, 0.5) is 0 Å². The van der Waals surface area contributed by atoms with Crippen molar-refractivity contribution in [2.24, 2.45) is 0 Å². The van der Waals surface area contributed by atoms with Gasteiger partial charge in [0.25, 0.3) is 0 Å². The molecular weight excluding hydrogens is 224 g/mol. The number of rotatable bonds is 4. The van der Waals surface area contributed by atoms with Gasteiger partial charge in [0.05, 0.1) is 23.4 Å². The van der Waals surface area contributed by atoms with Crippen LogP contribution < -0.4 is 4.74 Å². The van der Waals surface area contributed by atoms with Crippen molar-refractivity contribution in [1.82, 2.24) is 9.97 Å². The van der Waals surface area contributed by atoms with E-state index in [2.05, 4.69) is 35.4 Å². The van der Waals surface area contributed by atoms with Crippen molar-refractivity contribution in [2.75, 3.05) is 20.2 Å². The quantitative estimate of drug-likeness (QED) is 0.797. The Kier molecular flexibility index (Phi) is 1.23. The summed E-state index contributed by atoms with van der Waals surface area (Å²) in [4.78, 5) is 6.78. The fourth-order valence-corrected chi connectivity index (χ4v) is 0.554. The van der Waals surface area contributed by atoms with Gasteiger partial charge in [-0.15, -0.1) is 0 Å². The molecule has 4 nitrogen and oxygen atoms in total. The van der Waals surface area contributed by atoms with Gasteiger partial charge in [-0.05, 0) is 15.9 Å². The third kappa shape index (κ3) is 3.15. The van der Waals surface area contributed by atoms with Crippen LogP contribution in [0.2, 0.25) is 0 Å². The van der Waals surface area contributed by atoms with E-state index >= 15 is 0 Å². The normalized spacial score (nSPS) is 24.2. The lowest BCUT2D eigenvalue weighted by Crippen LogP contribution is -2.06. The third-order valence-electron chi connectivity index (χ3n) is 0.734. The molecule has 5 heteroatoms. The molecule has 0 spiro atoms. The van der Waals surface area contributed by atoms with Crippen LogP contribution in [0.1, 0.15) is 12.3 Å². The van der Waals surface area contributed by atoms with Crippen LogP contribution in [0, 0.1) is 0 Å². The second-order valence-corrected chi connectivity index (χ2v) is 2.25. The number of nitrogens with zero attached hydrogens (tertiary/aromatic N) is 2. The highest BCUT2D eigenvalue weighted by Gasteiger charge is 1.95. The molecule has 1 aromatic rings. The molecular formula is C7H9BrN2O2. The predicted molar refractivity (Wildman–Crippen MR) is 47.1 cm³/mol. The Morgan fingerprint density at radius 1 is 1.67 bits per heavy atom. The summed E-state index contributed by atoms with van der Waals surface area (Å²) in [6, 6.07) is -0.795. The number of halogens is 1. The summed E-state index contributed by atoms with van der Waals surface area (Å²) in [6.45, 7) is -6.62. The molecule has 0 saturated carbocycles. The topological polar surface area (TPSA) is 44.2 Å². The van der Waals surface area contributed by atoms with Crippen LogP contribution in [0.3, 0.4) is 0 Å². The number of methoxy groups -OCH3 is 1. The number of hydrogen-bond acceptors (Lipinski definition) is 4. The highest BCUT2D eigenvalue weighted by Crippen LogP contribution is 2.07. The van der Waals surface area contributed by atoms with E-state index in [0.717, 1.165) is 0 Å². The minimum Gasteiger partial charge on any atom is -0.461 e. The zero-order valence-corrected chi connectivity index (χ0v) is 7.17. The van der Waals surface area contributed by atoms with Crippen LogP contribution in [-0.4, -0.2) is 30.1 Å². The van der Waals surface area contributed by atoms with Crippen LogP contribution in [0.25, 0.3) is 0 Å². The van der Waals surface area contributed by atoms with Crippen molar-refractivity contribution in [2.45, 2.75) is 0 Å². The van der Waals surface area contributed by atoms with Crippen molar-refractivity contribution in [1.29, 1.82) is 0 Å². The Morgan fingerprint density at radius 3 is 3.08 bits per heavy atom. The number of hydrogen-bond donors (Lipinski definition) is 0. The molecule has 66 valence electrons. The monoisotopic (exact) mass is 241 g/mol. The maximum atomic E-state index is 7.42. The third-order valence-corrected chi connectivity index (χ3v) is 1.09. The molecule has 0 amide bonds. The van der Waals surface area contributed by atoms with Crippen LogP contribution in [0.15, 0.2) is 16.8 Å². The molecule has 12 heavy (non-hydrogen) atoms. The molecule has 0 saturated heterocycles. The zero-order chi connectivity index (χ0) is 16.6. The van der Waals surface area contributed by atoms with Gasteiger partial charge < -0.3 is 9.47 Å². The Morgan fingerprint density at radius 2 is 2.42 bits per heavy atom. The average molecular weight is 242 g/mol. The van der Waals surface area contributed by atoms with Crippen molar-refractivity contribution >= 4 is 15.9 Å². The summed E-state index contributed by atoms with van der Waals surface area (Å²) in [5, 5.41) is 0. The van der Waals surface area contributed by atoms with E-state index in [9.17, 15) is 0 Å². The number of ether oxygens (including phenoxy) is 2. The first kappa shape index (κ1) is 2.92. The first-order valence-corrected chi connectivity index (χ1v) is 3.44. The molecule has 1 rings (SSSR count). The van der Waals surface area contributed by atoms with Crippen LogP contribution in [-0.2, 0) is 4.74 Å². The fourth-order valence-electron chi connectivity index (χ4n) is 0.377. The van der Waals surface area contributed by atoms with Gasteiger partial charge in [0.1, 0.15) is 6.56 Å². The fraction of sp³-hybridized carbons (Fsp3) is 0.429. The van der Waals surface area contributed by atoms with Gasteiger partial charge in [0.15, 0.2) is 0 Å². The van der Waals surface area contributed by atoms with E-state index in [-0.39, 0.29) is 4.47 Å². The Labute approximate surface area is 91.7 Å². The standard InChI is InChI=1S/C7H9BrN2O2/c1-11-2-3-12-7-9-4-6(8)5-10-7/h4-5H,2-3H2,1H3/i1D3,2D2,3D2,4D,5D. The van der Waals surface area contributed by atoms with Crippen molar-refractivity contribution in [3.05, 3.63) is 16.8 Å². The van der Waals surface area contributed by atoms with E-state index in [4.69, 9.17) is 12.3 Å². The molecule has 0 aliphatic carbocycles. The second kappa shape index (κ2) is 5.05. The molecule has 1 heterocycles. The van der Waals surface area contributed by atoms with E-state index in [0.29, 0.717) is 0 Å². The van der Waals surface area contributed by atoms with Crippen molar-refractivity contribution < 1.29 is 21.8 Å². The molecule has 0 fully saturated rings. The lowest BCUT2D eigenvalue weighted by Gasteiger charge is -2.01. The van der Waals surface area contributed by atoms with E-state index in [1.807, 2.05) is 0 Å². The lowest BCUT2D eigenvalue weighted by atomic mass is 10.7. The molecule has 0 aliphatic rings. The molecule has 0 aromatic carbocycles. The van der Waals surface area contributed by atoms with Crippen molar-refractivity contribution in [3.8, 4) is 6.01 Å². The van der Waals surface area contributed by atoms with Crippen LogP contribution in [0.5, 0.6) is 6.01 Å². The summed E-state index contributed by atoms with van der Waals surface area (Å²) < 4.78 is 73.1. The molecule has 0 radical (unpaired) electrons. The Bertz CT molecular complexity index is 512. The van der Waals surface area contributed by atoms with E-state index in [1.54, 1.807) is 0 Å². The molecule has 0 atom stereocenters. The van der Waals surface area contributed by atoms with Gasteiger partial charge in [-0.3, -0.25) is 0 Å². The number of aromatic nitrogens is 2. The van der Waals surface area contributed by atoms with Gasteiger partial charge in [-0.2, -0.15) is 0 Å². The van der Waals surface area contributed by atoms with Gasteiger partial charge in [-0.25, -0.2) is 9.97 Å². The molecule has 0 unspecified atom stereocenters. The van der Waals surface area contributed by atoms with Gasteiger partial charge in [0.2, 0.25) is 0 Å². The van der Waals surface area contributed by atoms with Gasteiger partial charge in [0, 0.05) is 19.4 Å². The molecule has 1 aromatic heterocycles. The van der Waals surface area contributed by atoms with E-state index < -0.39 is 38.5 Å². The summed E-state index contributed by atoms with van der Waals surface area (Å²) >= 11 is 2.85. The minimum atomic E-state index is -3.35. The van der Waals surface area contributed by atoms with Crippen molar-refractivity contribution in [3.63, 3.8) is 0 Å². The smallest absolute Gasteiger partial charge is 0.316 e. The largest absolute Gasteiger partial charge is 0.461 e. The first-order chi connectivity index (χ1) is 9.25. The summed E-state index contributed by atoms with van der Waals surface area (Å²) in [7, 11) is -3.19. The Balaban J connectivity index is 3.04. The SMILES string of the molecule is [2H]c1nc(OC([2H])([2H])C([2H])([2H])OC([2H])([2H])[2H])nc([2H])c1Br. The zero-order valence-electron chi connectivity index (χ0n) is 14.6. The summed E-state index contributed by atoms with van der Waals surface area (Å²) in [5.74, 6) is 0. The average Bonchev–Trinajstić information content (AvgIpc) is 2.21. The van der Waals surface area contributed by atoms with Gasteiger partial charge >= 0.3 is 6.01 Å². The van der Waals surface area contributed by atoms with Crippen LogP contribution >= 0.6 is 15.9 Å². The Hall–Kier alpha value is -0.680. The maximum Gasteiger partial charge on any atom is 0.316 e. The maximum absolute atomic E-state index is 7.42. The predicted octanol–water partition coefficient (Wildman–Crippen LogP) is 1.26. The molecule has 0 aliphatic heterocycles. The summed E-state index contributed by atoms with van der Waals surface area (Å²) in [6.07, 6.45) is -0.948. The lowest BCUT2D eigenvalue weighted by molar-refractivity contribution is 0.141. The van der Waals surface area contributed by atoms with Gasteiger partial charge in [-0.1, -0.05) is 0 Å².